The maximum atomic E-state index is 10.5. The standard InChI is InChI=1S/C9H10N4O/c1-6(12-5-8(10)14)7-3-4-9(11-2)13-7/h3-4,13H,5H2,1H3,(H2,10,14). The van der Waals surface area contributed by atoms with Crippen molar-refractivity contribution in [1.82, 2.24) is 4.98 Å². The Labute approximate surface area is 81.5 Å². The van der Waals surface area contributed by atoms with Crippen LogP contribution in [0.25, 0.3) is 4.85 Å². The van der Waals surface area contributed by atoms with Crippen LogP contribution in [0.2, 0.25) is 0 Å². The van der Waals surface area contributed by atoms with E-state index in [4.69, 9.17) is 12.3 Å². The number of nitrogens with zero attached hydrogens (tertiary/aromatic N) is 2. The summed E-state index contributed by atoms with van der Waals surface area (Å²) in [6.07, 6.45) is 0. The molecular weight excluding hydrogens is 180 g/mol. The average Bonchev–Trinajstić information content (AvgIpc) is 2.62. The molecule has 0 unspecified atom stereocenters. The molecule has 1 heterocycles. The number of H-pyrrole nitrogens is 1. The zero-order valence-corrected chi connectivity index (χ0v) is 7.74. The first-order valence-electron chi connectivity index (χ1n) is 3.99. The summed E-state index contributed by atoms with van der Waals surface area (Å²) in [7, 11) is 0. The van der Waals surface area contributed by atoms with Crippen LogP contribution >= 0.6 is 0 Å². The number of aliphatic imine (C=N–C) groups is 1. The van der Waals surface area contributed by atoms with E-state index in [-0.39, 0.29) is 6.54 Å². The summed E-state index contributed by atoms with van der Waals surface area (Å²) in [6, 6.07) is 3.40. The van der Waals surface area contributed by atoms with E-state index in [1.165, 1.54) is 0 Å². The zero-order chi connectivity index (χ0) is 10.6. The lowest BCUT2D eigenvalue weighted by Gasteiger charge is -1.93. The summed E-state index contributed by atoms with van der Waals surface area (Å²) in [4.78, 5) is 20.5. The molecule has 0 spiro atoms. The number of nitrogens with one attached hydrogen (secondary N) is 1. The highest BCUT2D eigenvalue weighted by Gasteiger charge is 2.03. The van der Waals surface area contributed by atoms with Gasteiger partial charge in [-0.15, -0.1) is 0 Å². The molecule has 1 aromatic rings. The Hall–Kier alpha value is -2.09. The zero-order valence-electron chi connectivity index (χ0n) is 7.74. The molecule has 14 heavy (non-hydrogen) atoms. The van der Waals surface area contributed by atoms with Gasteiger partial charge < -0.3 is 15.6 Å². The van der Waals surface area contributed by atoms with Crippen molar-refractivity contribution in [3.05, 3.63) is 29.2 Å². The minimum atomic E-state index is -0.471. The fourth-order valence-electron chi connectivity index (χ4n) is 0.942. The van der Waals surface area contributed by atoms with Crippen molar-refractivity contribution in [2.75, 3.05) is 6.54 Å². The molecule has 0 bridgehead atoms. The second-order valence-corrected chi connectivity index (χ2v) is 2.74. The highest BCUT2D eigenvalue weighted by atomic mass is 16.1. The van der Waals surface area contributed by atoms with Gasteiger partial charge in [-0.25, -0.2) is 0 Å². The number of nitrogens with two attached hydrogens (primary N) is 1. The van der Waals surface area contributed by atoms with Crippen LogP contribution in [0.4, 0.5) is 5.82 Å². The molecule has 0 atom stereocenters. The molecule has 5 nitrogen and oxygen atoms in total. The lowest BCUT2D eigenvalue weighted by Crippen LogP contribution is -2.15. The van der Waals surface area contributed by atoms with Gasteiger partial charge in [0, 0.05) is 0 Å². The lowest BCUT2D eigenvalue weighted by molar-refractivity contribution is -0.116. The van der Waals surface area contributed by atoms with E-state index in [1.807, 2.05) is 0 Å². The normalized spacial score (nSPS) is 11.0. The van der Waals surface area contributed by atoms with Crippen molar-refractivity contribution in [3.63, 3.8) is 0 Å². The molecule has 0 fully saturated rings. The van der Waals surface area contributed by atoms with Gasteiger partial charge in [-0.2, -0.15) is 0 Å². The first kappa shape index (κ1) is 9.99. The Bertz CT molecular complexity index is 411. The first-order chi connectivity index (χ1) is 6.63. The van der Waals surface area contributed by atoms with Gasteiger partial charge in [-0.05, 0) is 19.1 Å². The minimum Gasteiger partial charge on any atom is -0.368 e. The molecule has 3 N–H and O–H groups in total. The monoisotopic (exact) mass is 190 g/mol. The molecule has 0 aromatic carbocycles. The molecule has 0 aliphatic carbocycles. The second-order valence-electron chi connectivity index (χ2n) is 2.74. The number of carbonyl (C=O) groups is 1. The predicted molar refractivity (Wildman–Crippen MR) is 53.3 cm³/mol. The molecule has 1 rings (SSSR count). The summed E-state index contributed by atoms with van der Waals surface area (Å²) in [5, 5.41) is 0. The number of hydrogen-bond donors (Lipinski definition) is 2. The number of primary amides is 1. The number of aromatic nitrogens is 1. The summed E-state index contributed by atoms with van der Waals surface area (Å²) in [5.41, 5.74) is 6.34. The van der Waals surface area contributed by atoms with Crippen LogP contribution in [-0.4, -0.2) is 23.1 Å². The van der Waals surface area contributed by atoms with Crippen molar-refractivity contribution >= 4 is 17.4 Å². The Morgan fingerprint density at radius 1 is 1.71 bits per heavy atom. The Kier molecular flexibility index (Phi) is 3.02. The van der Waals surface area contributed by atoms with Gasteiger partial charge in [0.15, 0.2) is 0 Å². The fraction of sp³-hybridized carbons (Fsp3) is 0.222. The summed E-state index contributed by atoms with van der Waals surface area (Å²) >= 11 is 0. The molecule has 1 aromatic heterocycles. The van der Waals surface area contributed by atoms with Gasteiger partial charge in [0.05, 0.1) is 5.71 Å². The number of amides is 1. The number of carbonyl (C=O) groups excluding carboxylic acids is 1. The molecule has 0 saturated heterocycles. The van der Waals surface area contributed by atoms with Crippen molar-refractivity contribution < 1.29 is 4.79 Å². The van der Waals surface area contributed by atoms with Crippen LogP contribution in [-0.2, 0) is 4.79 Å². The Morgan fingerprint density at radius 2 is 2.43 bits per heavy atom. The van der Waals surface area contributed by atoms with E-state index in [2.05, 4.69) is 14.8 Å². The van der Waals surface area contributed by atoms with E-state index in [0.29, 0.717) is 11.5 Å². The molecule has 0 radical (unpaired) electrons. The fourth-order valence-corrected chi connectivity index (χ4v) is 0.942. The molecular formula is C9H10N4O. The van der Waals surface area contributed by atoms with Crippen molar-refractivity contribution in [2.24, 2.45) is 10.7 Å². The van der Waals surface area contributed by atoms with Crippen molar-refractivity contribution in [1.29, 1.82) is 0 Å². The molecule has 5 heteroatoms. The van der Waals surface area contributed by atoms with Crippen LogP contribution in [0.15, 0.2) is 17.1 Å². The molecule has 72 valence electrons. The van der Waals surface area contributed by atoms with E-state index in [0.717, 1.165) is 5.69 Å². The van der Waals surface area contributed by atoms with Crippen LogP contribution in [0, 0.1) is 6.57 Å². The molecule has 0 aliphatic heterocycles. The topological polar surface area (TPSA) is 75.6 Å². The van der Waals surface area contributed by atoms with Gasteiger partial charge in [0.1, 0.15) is 12.2 Å². The summed E-state index contributed by atoms with van der Waals surface area (Å²) in [6.45, 7) is 8.47. The van der Waals surface area contributed by atoms with Gasteiger partial charge in [-0.3, -0.25) is 9.79 Å². The first-order valence-corrected chi connectivity index (χ1v) is 3.99. The summed E-state index contributed by atoms with van der Waals surface area (Å²) < 4.78 is 0. The SMILES string of the molecule is [C-]#[N+]c1ccc(C(C)=NCC(N)=O)[nH]1. The number of rotatable bonds is 3. The Morgan fingerprint density at radius 3 is 2.93 bits per heavy atom. The second kappa shape index (κ2) is 4.23. The highest BCUT2D eigenvalue weighted by Crippen LogP contribution is 2.11. The predicted octanol–water partition coefficient (Wildman–Crippen LogP) is 0.860. The Balaban J connectivity index is 2.79. The van der Waals surface area contributed by atoms with E-state index >= 15 is 0 Å². The van der Waals surface area contributed by atoms with Crippen LogP contribution in [0.1, 0.15) is 12.6 Å². The van der Waals surface area contributed by atoms with E-state index in [9.17, 15) is 4.79 Å². The molecule has 0 aliphatic rings. The van der Waals surface area contributed by atoms with Gasteiger partial charge in [-0.1, -0.05) is 6.57 Å². The van der Waals surface area contributed by atoms with E-state index in [1.54, 1.807) is 19.1 Å². The number of aromatic amines is 1. The third-order valence-corrected chi connectivity index (χ3v) is 1.65. The smallest absolute Gasteiger partial charge is 0.239 e. The summed E-state index contributed by atoms with van der Waals surface area (Å²) in [5.74, 6) is -0.0186. The van der Waals surface area contributed by atoms with Gasteiger partial charge >= 0.3 is 0 Å². The third-order valence-electron chi connectivity index (χ3n) is 1.65. The van der Waals surface area contributed by atoms with Crippen LogP contribution in [0.3, 0.4) is 0 Å². The minimum absolute atomic E-state index is 0.0296. The van der Waals surface area contributed by atoms with Gasteiger partial charge in [0.25, 0.3) is 0 Å². The average molecular weight is 190 g/mol. The highest BCUT2D eigenvalue weighted by molar-refractivity contribution is 5.98. The maximum Gasteiger partial charge on any atom is 0.239 e. The lowest BCUT2D eigenvalue weighted by atomic mass is 10.3. The van der Waals surface area contributed by atoms with E-state index < -0.39 is 5.91 Å². The maximum absolute atomic E-state index is 10.5. The van der Waals surface area contributed by atoms with Crippen LogP contribution in [0.5, 0.6) is 0 Å². The van der Waals surface area contributed by atoms with Crippen LogP contribution < -0.4 is 5.73 Å². The molecule has 0 saturated carbocycles. The largest absolute Gasteiger partial charge is 0.368 e. The third kappa shape index (κ3) is 2.45. The molecule has 1 amide bonds. The van der Waals surface area contributed by atoms with Crippen molar-refractivity contribution in [2.45, 2.75) is 6.92 Å². The number of hydrogen-bond acceptors (Lipinski definition) is 2. The quantitative estimate of drug-likeness (QED) is 0.538. The van der Waals surface area contributed by atoms with Crippen molar-refractivity contribution in [3.8, 4) is 0 Å². The van der Waals surface area contributed by atoms with Gasteiger partial charge in [0.2, 0.25) is 11.7 Å².